The second kappa shape index (κ2) is 3.53. The third kappa shape index (κ3) is 2.58. The zero-order valence-electron chi connectivity index (χ0n) is 6.90. The first-order valence-electron chi connectivity index (χ1n) is 3.98. The Morgan fingerprint density at radius 3 is 2.15 bits per heavy atom. The molecule has 0 atom stereocenters. The summed E-state index contributed by atoms with van der Waals surface area (Å²) in [5, 5.41) is 0. The first kappa shape index (κ1) is 10.3. The maximum absolute atomic E-state index is 11.9. The zero-order valence-corrected chi connectivity index (χ0v) is 6.90. The Balaban J connectivity index is 2.50. The Labute approximate surface area is 73.7 Å². The minimum absolute atomic E-state index is 0.0481. The number of alkyl halides is 3. The van der Waals surface area contributed by atoms with E-state index in [2.05, 4.69) is 0 Å². The minimum atomic E-state index is -4.77. The van der Waals surface area contributed by atoms with Gasteiger partial charge in [-0.1, -0.05) is 0 Å². The average molecular weight is 195 g/mol. The number of carbonyl (C=O) groups excluding carboxylic acids is 1. The highest BCUT2D eigenvalue weighted by Gasteiger charge is 2.42. The van der Waals surface area contributed by atoms with Crippen molar-refractivity contribution in [1.82, 2.24) is 10.6 Å². The van der Waals surface area contributed by atoms with E-state index >= 15 is 0 Å². The Morgan fingerprint density at radius 2 is 1.77 bits per heavy atom. The summed E-state index contributed by atoms with van der Waals surface area (Å²) in [6.07, 6.45) is -4.10. The fourth-order valence-electron chi connectivity index (χ4n) is 1.26. The van der Waals surface area contributed by atoms with Gasteiger partial charge < -0.3 is 4.90 Å². The standard InChI is InChI=1S/C7H10F3N2O/c8-7(9,10)6(13)12-3-1-5(11)2-4-12/h5,11H,1-4H2. The molecule has 1 rings (SSSR count). The molecule has 1 amide bonds. The van der Waals surface area contributed by atoms with E-state index in [1.165, 1.54) is 0 Å². The molecule has 3 nitrogen and oxygen atoms in total. The van der Waals surface area contributed by atoms with Crippen LogP contribution in [0.15, 0.2) is 0 Å². The third-order valence-electron chi connectivity index (χ3n) is 2.02. The molecule has 0 saturated carbocycles. The number of carbonyl (C=O) groups is 1. The van der Waals surface area contributed by atoms with Gasteiger partial charge in [-0.25, -0.2) is 0 Å². The summed E-state index contributed by atoms with van der Waals surface area (Å²) in [7, 11) is 0. The van der Waals surface area contributed by atoms with Crippen LogP contribution in [0.25, 0.3) is 0 Å². The lowest BCUT2D eigenvalue weighted by atomic mass is 10.1. The Morgan fingerprint density at radius 1 is 1.31 bits per heavy atom. The van der Waals surface area contributed by atoms with E-state index in [9.17, 15) is 18.0 Å². The minimum Gasteiger partial charge on any atom is -0.335 e. The Bertz CT molecular complexity index is 196. The van der Waals surface area contributed by atoms with Crippen molar-refractivity contribution in [2.75, 3.05) is 13.1 Å². The molecule has 6 heteroatoms. The van der Waals surface area contributed by atoms with Crippen molar-refractivity contribution in [3.05, 3.63) is 0 Å². The molecule has 1 saturated heterocycles. The van der Waals surface area contributed by atoms with Crippen molar-refractivity contribution in [3.63, 3.8) is 0 Å². The summed E-state index contributed by atoms with van der Waals surface area (Å²) in [4.78, 5) is 11.4. The zero-order chi connectivity index (χ0) is 10.1. The van der Waals surface area contributed by atoms with Gasteiger partial charge in [-0.15, -0.1) is 0 Å². The number of amides is 1. The quantitative estimate of drug-likeness (QED) is 0.564. The van der Waals surface area contributed by atoms with Crippen LogP contribution in [0.2, 0.25) is 0 Å². The van der Waals surface area contributed by atoms with Gasteiger partial charge in [0.15, 0.2) is 0 Å². The highest BCUT2D eigenvalue weighted by molar-refractivity contribution is 5.81. The molecule has 0 bridgehead atoms. The normalized spacial score (nSPS) is 20.5. The van der Waals surface area contributed by atoms with Gasteiger partial charge >= 0.3 is 12.1 Å². The van der Waals surface area contributed by atoms with Crippen LogP contribution >= 0.6 is 0 Å². The summed E-state index contributed by atoms with van der Waals surface area (Å²) >= 11 is 0. The largest absolute Gasteiger partial charge is 0.471 e. The van der Waals surface area contributed by atoms with Crippen LogP contribution in [0.5, 0.6) is 0 Å². The van der Waals surface area contributed by atoms with Gasteiger partial charge in [0.2, 0.25) is 0 Å². The number of hydrogen-bond donors (Lipinski definition) is 0. The molecule has 1 fully saturated rings. The van der Waals surface area contributed by atoms with Crippen LogP contribution in [-0.2, 0) is 4.79 Å². The van der Waals surface area contributed by atoms with Gasteiger partial charge in [0.05, 0.1) is 0 Å². The molecule has 75 valence electrons. The van der Waals surface area contributed by atoms with Gasteiger partial charge in [-0.05, 0) is 12.8 Å². The molecule has 1 heterocycles. The average Bonchev–Trinajstić information content (AvgIpc) is 2.03. The van der Waals surface area contributed by atoms with Crippen LogP contribution in [0.4, 0.5) is 13.2 Å². The second-order valence-electron chi connectivity index (χ2n) is 3.06. The fourth-order valence-corrected chi connectivity index (χ4v) is 1.26. The van der Waals surface area contributed by atoms with Crippen LogP contribution < -0.4 is 5.73 Å². The molecule has 0 aromatic carbocycles. The third-order valence-corrected chi connectivity index (χ3v) is 2.02. The monoisotopic (exact) mass is 195 g/mol. The number of piperidine rings is 1. The van der Waals surface area contributed by atoms with Crippen molar-refractivity contribution in [2.24, 2.45) is 0 Å². The highest BCUT2D eigenvalue weighted by atomic mass is 19.4. The predicted octanol–water partition coefficient (Wildman–Crippen LogP) is 0.823. The Kier molecular flexibility index (Phi) is 2.80. The van der Waals surface area contributed by atoms with E-state index < -0.39 is 12.1 Å². The number of nitrogens with one attached hydrogen (secondary N) is 1. The van der Waals surface area contributed by atoms with Gasteiger partial charge in [0, 0.05) is 19.1 Å². The van der Waals surface area contributed by atoms with E-state index in [-0.39, 0.29) is 19.1 Å². The lowest BCUT2D eigenvalue weighted by Crippen LogP contribution is -2.46. The van der Waals surface area contributed by atoms with Gasteiger partial charge in [-0.3, -0.25) is 10.5 Å². The summed E-state index contributed by atoms with van der Waals surface area (Å²) in [5.41, 5.74) is 7.24. The van der Waals surface area contributed by atoms with Crippen LogP contribution in [-0.4, -0.2) is 36.1 Å². The SMILES string of the molecule is [NH]C1CCN(C(=O)C(F)(F)F)CC1. The molecular weight excluding hydrogens is 185 g/mol. The predicted molar refractivity (Wildman–Crippen MR) is 38.8 cm³/mol. The Hall–Kier alpha value is -0.780. The van der Waals surface area contributed by atoms with Gasteiger partial charge in [0.25, 0.3) is 0 Å². The molecule has 1 radical (unpaired) electrons. The first-order valence-corrected chi connectivity index (χ1v) is 3.98. The first-order chi connectivity index (χ1) is 5.91. The molecule has 13 heavy (non-hydrogen) atoms. The summed E-state index contributed by atoms with van der Waals surface area (Å²) in [6, 6.07) is -0.322. The van der Waals surface area contributed by atoms with Crippen molar-refractivity contribution >= 4 is 5.91 Å². The highest BCUT2D eigenvalue weighted by Crippen LogP contribution is 2.21. The van der Waals surface area contributed by atoms with Crippen molar-refractivity contribution in [1.29, 1.82) is 0 Å². The molecule has 0 unspecified atom stereocenters. The smallest absolute Gasteiger partial charge is 0.335 e. The molecule has 0 aromatic heterocycles. The molecule has 0 aromatic rings. The number of rotatable bonds is 0. The summed E-state index contributed by atoms with van der Waals surface area (Å²) in [5.74, 6) is -1.78. The number of halogens is 3. The fraction of sp³-hybridized carbons (Fsp3) is 0.857. The van der Waals surface area contributed by atoms with E-state index in [0.29, 0.717) is 12.8 Å². The van der Waals surface area contributed by atoms with Crippen molar-refractivity contribution in [3.8, 4) is 0 Å². The lowest BCUT2D eigenvalue weighted by Gasteiger charge is -2.30. The van der Waals surface area contributed by atoms with Gasteiger partial charge in [0.1, 0.15) is 0 Å². The lowest BCUT2D eigenvalue weighted by molar-refractivity contribution is -0.186. The maximum atomic E-state index is 11.9. The van der Waals surface area contributed by atoms with Crippen molar-refractivity contribution in [2.45, 2.75) is 25.1 Å². The molecule has 1 N–H and O–H groups in total. The summed E-state index contributed by atoms with van der Waals surface area (Å²) < 4.78 is 35.7. The van der Waals surface area contributed by atoms with Crippen LogP contribution in [0.1, 0.15) is 12.8 Å². The van der Waals surface area contributed by atoms with E-state index in [0.717, 1.165) is 4.90 Å². The molecule has 1 aliphatic heterocycles. The van der Waals surface area contributed by atoms with Crippen molar-refractivity contribution < 1.29 is 18.0 Å². The molecule has 0 spiro atoms. The van der Waals surface area contributed by atoms with Crippen LogP contribution in [0, 0.1) is 0 Å². The number of likely N-dealkylation sites (tertiary alicyclic amines) is 1. The van der Waals surface area contributed by atoms with E-state index in [4.69, 9.17) is 5.73 Å². The van der Waals surface area contributed by atoms with Crippen LogP contribution in [0.3, 0.4) is 0 Å². The number of nitrogens with zero attached hydrogens (tertiary/aromatic N) is 1. The molecule has 1 aliphatic rings. The van der Waals surface area contributed by atoms with E-state index in [1.54, 1.807) is 0 Å². The number of hydrogen-bond acceptors (Lipinski definition) is 1. The summed E-state index contributed by atoms with van der Waals surface area (Å²) in [6.45, 7) is 0.0962. The second-order valence-corrected chi connectivity index (χ2v) is 3.06. The van der Waals surface area contributed by atoms with E-state index in [1.807, 2.05) is 0 Å². The molecule has 0 aliphatic carbocycles. The van der Waals surface area contributed by atoms with Gasteiger partial charge in [-0.2, -0.15) is 13.2 Å². The topological polar surface area (TPSA) is 44.1 Å². The maximum Gasteiger partial charge on any atom is 0.471 e. The molecular formula is C7H10F3N2O.